The van der Waals surface area contributed by atoms with Gasteiger partial charge >= 0.3 is 6.03 Å². The number of hydrogen-bond acceptors (Lipinski definition) is 3. The zero-order valence-corrected chi connectivity index (χ0v) is 12.6. The Kier molecular flexibility index (Phi) is 4.05. The fourth-order valence-corrected chi connectivity index (χ4v) is 2.35. The molecule has 0 saturated heterocycles. The molecular formula is C17H16N4O2. The number of amides is 2. The quantitative estimate of drug-likeness (QED) is 0.695. The van der Waals surface area contributed by atoms with Gasteiger partial charge in [0.15, 0.2) is 0 Å². The van der Waals surface area contributed by atoms with Crippen molar-refractivity contribution < 1.29 is 4.79 Å². The molecule has 3 aromatic rings. The van der Waals surface area contributed by atoms with Crippen LogP contribution in [0.2, 0.25) is 0 Å². The molecule has 1 aromatic carbocycles. The number of fused-ring (bicyclic) bond motifs is 1. The lowest BCUT2D eigenvalue weighted by atomic mass is 10.1. The number of pyridine rings is 2. The first-order valence-corrected chi connectivity index (χ1v) is 7.20. The lowest BCUT2D eigenvalue weighted by molar-refractivity contribution is 0.251. The van der Waals surface area contributed by atoms with Crippen molar-refractivity contribution in [2.75, 3.05) is 5.32 Å². The van der Waals surface area contributed by atoms with Gasteiger partial charge in [-0.15, -0.1) is 0 Å². The van der Waals surface area contributed by atoms with Gasteiger partial charge in [0.1, 0.15) is 5.69 Å². The van der Waals surface area contributed by atoms with E-state index in [4.69, 9.17) is 0 Å². The van der Waals surface area contributed by atoms with Gasteiger partial charge in [-0.25, -0.2) is 4.79 Å². The van der Waals surface area contributed by atoms with E-state index in [0.29, 0.717) is 11.9 Å². The van der Waals surface area contributed by atoms with E-state index in [1.54, 1.807) is 24.5 Å². The average Bonchev–Trinajstić information content (AvgIpc) is 2.57. The van der Waals surface area contributed by atoms with Crippen molar-refractivity contribution >= 4 is 22.6 Å². The average molecular weight is 308 g/mol. The third-order valence-corrected chi connectivity index (χ3v) is 3.55. The molecule has 2 aromatic heterocycles. The summed E-state index contributed by atoms with van der Waals surface area (Å²) in [6.07, 6.45) is 4.85. The van der Waals surface area contributed by atoms with Crippen molar-refractivity contribution in [3.8, 4) is 0 Å². The van der Waals surface area contributed by atoms with Crippen LogP contribution in [-0.2, 0) is 6.54 Å². The molecule has 6 heteroatoms. The minimum absolute atomic E-state index is 0.209. The number of nitrogens with zero attached hydrogens (tertiary/aromatic N) is 1. The largest absolute Gasteiger partial charge is 0.359 e. The maximum atomic E-state index is 12.4. The van der Waals surface area contributed by atoms with Gasteiger partial charge < -0.3 is 15.6 Å². The summed E-state index contributed by atoms with van der Waals surface area (Å²) >= 11 is 0. The van der Waals surface area contributed by atoms with Crippen LogP contribution in [0.4, 0.5) is 10.5 Å². The van der Waals surface area contributed by atoms with Crippen LogP contribution in [0.15, 0.2) is 53.7 Å². The maximum absolute atomic E-state index is 12.4. The van der Waals surface area contributed by atoms with Crippen LogP contribution in [0.5, 0.6) is 0 Å². The molecule has 0 unspecified atom stereocenters. The summed E-state index contributed by atoms with van der Waals surface area (Å²) in [5.41, 5.74) is 2.64. The molecule has 0 aliphatic heterocycles. The third kappa shape index (κ3) is 3.21. The van der Waals surface area contributed by atoms with E-state index >= 15 is 0 Å². The molecule has 0 aliphatic rings. The smallest absolute Gasteiger partial charge is 0.319 e. The number of hydrogen-bond donors (Lipinski definition) is 3. The van der Waals surface area contributed by atoms with Crippen LogP contribution in [0.1, 0.15) is 11.1 Å². The summed E-state index contributed by atoms with van der Waals surface area (Å²) in [5.74, 6) is 0. The highest BCUT2D eigenvalue weighted by Gasteiger charge is 2.09. The van der Waals surface area contributed by atoms with Gasteiger partial charge in [-0.3, -0.25) is 9.78 Å². The maximum Gasteiger partial charge on any atom is 0.319 e. The number of carbonyl (C=O) groups excluding carboxylic acids is 1. The minimum Gasteiger partial charge on any atom is -0.359 e. The van der Waals surface area contributed by atoms with E-state index in [1.807, 2.05) is 25.1 Å². The molecule has 0 fully saturated rings. The van der Waals surface area contributed by atoms with Gasteiger partial charge in [0.2, 0.25) is 5.43 Å². The van der Waals surface area contributed by atoms with Crippen molar-refractivity contribution in [2.45, 2.75) is 13.5 Å². The highest BCUT2D eigenvalue weighted by atomic mass is 16.2. The van der Waals surface area contributed by atoms with E-state index in [9.17, 15) is 9.59 Å². The van der Waals surface area contributed by atoms with Crippen molar-refractivity contribution in [2.24, 2.45) is 0 Å². The Balaban J connectivity index is 1.75. The Labute approximate surface area is 132 Å². The molecule has 3 N–H and O–H groups in total. The van der Waals surface area contributed by atoms with Crippen molar-refractivity contribution in [1.82, 2.24) is 15.3 Å². The Morgan fingerprint density at radius 1 is 1.26 bits per heavy atom. The Morgan fingerprint density at radius 3 is 2.91 bits per heavy atom. The van der Waals surface area contributed by atoms with Gasteiger partial charge in [0.25, 0.3) is 0 Å². The predicted molar refractivity (Wildman–Crippen MR) is 89.4 cm³/mol. The highest BCUT2D eigenvalue weighted by Crippen LogP contribution is 2.14. The number of nitrogens with one attached hydrogen (secondary N) is 3. The number of H-pyrrole nitrogens is 1. The van der Waals surface area contributed by atoms with E-state index in [2.05, 4.69) is 20.6 Å². The normalized spacial score (nSPS) is 10.5. The van der Waals surface area contributed by atoms with Crippen LogP contribution in [0.25, 0.3) is 10.9 Å². The molecule has 23 heavy (non-hydrogen) atoms. The number of anilines is 1. The highest BCUT2D eigenvalue weighted by molar-refractivity contribution is 5.92. The van der Waals surface area contributed by atoms with Crippen LogP contribution >= 0.6 is 0 Å². The number of carbonyl (C=O) groups is 1. The molecule has 2 heterocycles. The van der Waals surface area contributed by atoms with Gasteiger partial charge in [-0.1, -0.05) is 18.2 Å². The van der Waals surface area contributed by atoms with Crippen molar-refractivity contribution in [1.29, 1.82) is 0 Å². The Morgan fingerprint density at radius 2 is 2.13 bits per heavy atom. The summed E-state index contributed by atoms with van der Waals surface area (Å²) in [6, 6.07) is 8.70. The molecule has 0 saturated carbocycles. The van der Waals surface area contributed by atoms with Gasteiger partial charge in [-0.05, 0) is 30.2 Å². The zero-order chi connectivity index (χ0) is 16.2. The standard InChI is InChI=1S/C17H16N4O2/c1-11-4-2-6-13-15(11)19-10-14(16(13)22)21-17(23)20-9-12-5-3-7-18-8-12/h2-8,10H,9H2,1H3,(H,19,22)(H2,20,21,23). The van der Waals surface area contributed by atoms with Crippen LogP contribution in [0.3, 0.4) is 0 Å². The molecule has 0 atom stereocenters. The molecule has 3 rings (SSSR count). The van der Waals surface area contributed by atoms with E-state index in [0.717, 1.165) is 16.6 Å². The molecule has 116 valence electrons. The van der Waals surface area contributed by atoms with E-state index in [1.165, 1.54) is 6.20 Å². The number of rotatable bonds is 3. The zero-order valence-electron chi connectivity index (χ0n) is 12.6. The number of urea groups is 1. The van der Waals surface area contributed by atoms with E-state index < -0.39 is 6.03 Å². The fourth-order valence-electron chi connectivity index (χ4n) is 2.35. The topological polar surface area (TPSA) is 86.9 Å². The first kappa shape index (κ1) is 14.8. The molecule has 0 radical (unpaired) electrons. The summed E-state index contributed by atoms with van der Waals surface area (Å²) in [7, 11) is 0. The molecule has 0 bridgehead atoms. The second-order valence-electron chi connectivity index (χ2n) is 5.20. The second kappa shape index (κ2) is 6.31. The van der Waals surface area contributed by atoms with Crippen molar-refractivity contribution in [3.05, 3.63) is 70.3 Å². The fraction of sp³-hybridized carbons (Fsp3) is 0.118. The summed E-state index contributed by atoms with van der Waals surface area (Å²) in [5, 5.41) is 5.82. The van der Waals surface area contributed by atoms with Crippen molar-refractivity contribution in [3.63, 3.8) is 0 Å². The number of benzene rings is 1. The van der Waals surface area contributed by atoms with E-state index in [-0.39, 0.29) is 11.1 Å². The van der Waals surface area contributed by atoms with Gasteiger partial charge in [0, 0.05) is 30.5 Å². The first-order chi connectivity index (χ1) is 11.1. The number of aryl methyl sites for hydroxylation is 1. The van der Waals surface area contributed by atoms with Gasteiger partial charge in [-0.2, -0.15) is 0 Å². The van der Waals surface area contributed by atoms with Crippen LogP contribution in [-0.4, -0.2) is 16.0 Å². The SMILES string of the molecule is Cc1cccc2c(=O)c(NC(=O)NCc3cccnc3)c[nH]c12. The Bertz CT molecular complexity index is 903. The molecule has 2 amide bonds. The third-order valence-electron chi connectivity index (χ3n) is 3.55. The molecule has 6 nitrogen and oxygen atoms in total. The summed E-state index contributed by atoms with van der Waals surface area (Å²) < 4.78 is 0. The molecule has 0 spiro atoms. The monoisotopic (exact) mass is 308 g/mol. The minimum atomic E-state index is -0.439. The molecule has 0 aliphatic carbocycles. The van der Waals surface area contributed by atoms with Crippen LogP contribution in [0, 0.1) is 6.92 Å². The first-order valence-electron chi connectivity index (χ1n) is 7.20. The number of aromatic nitrogens is 2. The van der Waals surface area contributed by atoms with Gasteiger partial charge in [0.05, 0.1) is 5.52 Å². The summed E-state index contributed by atoms with van der Waals surface area (Å²) in [6.45, 7) is 2.26. The summed E-state index contributed by atoms with van der Waals surface area (Å²) in [4.78, 5) is 31.4. The second-order valence-corrected chi connectivity index (χ2v) is 5.20. The Hall–Kier alpha value is -3.15. The number of para-hydroxylation sites is 1. The number of aromatic amines is 1. The lowest BCUT2D eigenvalue weighted by Gasteiger charge is -2.08. The predicted octanol–water partition coefficient (Wildman–Crippen LogP) is 2.55. The van der Waals surface area contributed by atoms with Crippen LogP contribution < -0.4 is 16.1 Å². The lowest BCUT2D eigenvalue weighted by Crippen LogP contribution is -2.30. The molecular weight excluding hydrogens is 292 g/mol.